The molecule has 1 aliphatic rings. The van der Waals surface area contributed by atoms with Crippen LogP contribution in [0.4, 0.5) is 8.78 Å². The third-order valence-corrected chi connectivity index (χ3v) is 3.18. The maximum Gasteiger partial charge on any atom is 0.257 e. The summed E-state index contributed by atoms with van der Waals surface area (Å²) >= 11 is 5.79. The van der Waals surface area contributed by atoms with E-state index in [0.717, 1.165) is 18.5 Å². The van der Waals surface area contributed by atoms with Crippen molar-refractivity contribution in [3.63, 3.8) is 0 Å². The number of aromatic nitrogens is 3. The maximum absolute atomic E-state index is 12.4. The highest BCUT2D eigenvalue weighted by Crippen LogP contribution is 2.44. The summed E-state index contributed by atoms with van der Waals surface area (Å²) in [6.45, 7) is -0.430. The molecule has 7 heteroatoms. The lowest BCUT2D eigenvalue weighted by molar-refractivity contribution is 0.121. The van der Waals surface area contributed by atoms with Crippen molar-refractivity contribution in [1.82, 2.24) is 14.8 Å². The molecule has 106 valence electrons. The molecule has 2 aromatic heterocycles. The molecule has 0 radical (unpaired) electrons. The number of halogens is 3. The molecule has 3 rings (SSSR count). The Kier molecular flexibility index (Phi) is 3.56. The standard InChI is InChI=1S/C13H12ClF2N3O/c14-11-5-9(3-4-17-11)20-10-6-19(7-12(15)16)18-13(10)8-1-2-8/h3-6,8,12H,1-2,7H2. The summed E-state index contributed by atoms with van der Waals surface area (Å²) < 4.78 is 31.8. The van der Waals surface area contributed by atoms with Crippen LogP contribution in [0.15, 0.2) is 24.5 Å². The molecule has 1 aliphatic carbocycles. The first-order valence-electron chi connectivity index (χ1n) is 6.26. The number of rotatable bonds is 5. The van der Waals surface area contributed by atoms with Crippen molar-refractivity contribution >= 4 is 11.6 Å². The van der Waals surface area contributed by atoms with E-state index < -0.39 is 13.0 Å². The molecule has 2 aromatic rings. The summed E-state index contributed by atoms with van der Waals surface area (Å²) in [4.78, 5) is 3.86. The Balaban J connectivity index is 1.85. The van der Waals surface area contributed by atoms with Crippen LogP contribution in [-0.4, -0.2) is 21.2 Å². The third-order valence-electron chi connectivity index (χ3n) is 2.97. The number of nitrogens with zero attached hydrogens (tertiary/aromatic N) is 3. The Morgan fingerprint density at radius 3 is 2.90 bits per heavy atom. The third kappa shape index (κ3) is 3.07. The van der Waals surface area contributed by atoms with Crippen LogP contribution in [0.3, 0.4) is 0 Å². The fourth-order valence-corrected chi connectivity index (χ4v) is 2.11. The zero-order valence-electron chi connectivity index (χ0n) is 10.5. The number of hydrogen-bond donors (Lipinski definition) is 0. The van der Waals surface area contributed by atoms with Crippen molar-refractivity contribution in [2.75, 3.05) is 0 Å². The monoisotopic (exact) mass is 299 g/mol. The summed E-state index contributed by atoms with van der Waals surface area (Å²) in [5.41, 5.74) is 0.735. The molecule has 2 heterocycles. The van der Waals surface area contributed by atoms with Crippen LogP contribution in [-0.2, 0) is 6.54 Å². The molecular weight excluding hydrogens is 288 g/mol. The largest absolute Gasteiger partial charge is 0.454 e. The van der Waals surface area contributed by atoms with Crippen molar-refractivity contribution in [2.45, 2.75) is 31.7 Å². The second-order valence-corrected chi connectivity index (χ2v) is 5.07. The van der Waals surface area contributed by atoms with Gasteiger partial charge in [0.05, 0.1) is 6.20 Å². The molecule has 4 nitrogen and oxygen atoms in total. The highest BCUT2D eigenvalue weighted by Gasteiger charge is 2.30. The van der Waals surface area contributed by atoms with Crippen LogP contribution in [0, 0.1) is 0 Å². The van der Waals surface area contributed by atoms with Gasteiger partial charge in [-0.15, -0.1) is 0 Å². The first-order chi connectivity index (χ1) is 9.61. The van der Waals surface area contributed by atoms with E-state index >= 15 is 0 Å². The van der Waals surface area contributed by atoms with Gasteiger partial charge in [-0.2, -0.15) is 5.10 Å². The molecule has 0 N–H and O–H groups in total. The number of ether oxygens (including phenoxy) is 1. The average molecular weight is 300 g/mol. The Morgan fingerprint density at radius 1 is 1.45 bits per heavy atom. The van der Waals surface area contributed by atoms with Crippen molar-refractivity contribution in [3.8, 4) is 11.5 Å². The second-order valence-electron chi connectivity index (χ2n) is 4.68. The van der Waals surface area contributed by atoms with Crippen LogP contribution >= 0.6 is 11.6 Å². The van der Waals surface area contributed by atoms with E-state index in [0.29, 0.717) is 22.6 Å². The molecule has 0 aromatic carbocycles. The van der Waals surface area contributed by atoms with Gasteiger partial charge in [0, 0.05) is 18.2 Å². The van der Waals surface area contributed by atoms with E-state index in [2.05, 4.69) is 10.1 Å². The molecule has 0 unspecified atom stereocenters. The summed E-state index contributed by atoms with van der Waals surface area (Å²) in [6, 6.07) is 3.23. The highest BCUT2D eigenvalue weighted by molar-refractivity contribution is 6.29. The Bertz CT molecular complexity index is 613. The van der Waals surface area contributed by atoms with Gasteiger partial charge >= 0.3 is 0 Å². The molecule has 0 saturated heterocycles. The molecule has 0 atom stereocenters. The van der Waals surface area contributed by atoms with Gasteiger partial charge in [0.2, 0.25) is 0 Å². The fourth-order valence-electron chi connectivity index (χ4n) is 1.95. The first kappa shape index (κ1) is 13.3. The van der Waals surface area contributed by atoms with Crippen LogP contribution in [0.25, 0.3) is 0 Å². The SMILES string of the molecule is FC(F)Cn1cc(Oc2ccnc(Cl)c2)c(C2CC2)n1. The minimum Gasteiger partial charge on any atom is -0.454 e. The molecular formula is C13H12ClF2N3O. The molecule has 0 bridgehead atoms. The number of hydrogen-bond acceptors (Lipinski definition) is 3. The quantitative estimate of drug-likeness (QED) is 0.787. The fraction of sp³-hybridized carbons (Fsp3) is 0.385. The predicted octanol–water partition coefficient (Wildman–Crippen LogP) is 3.87. The minimum atomic E-state index is -2.44. The molecule has 0 aliphatic heterocycles. The van der Waals surface area contributed by atoms with Crippen molar-refractivity contribution in [1.29, 1.82) is 0 Å². The van der Waals surface area contributed by atoms with Crippen molar-refractivity contribution < 1.29 is 13.5 Å². The molecule has 1 saturated carbocycles. The smallest absolute Gasteiger partial charge is 0.257 e. The molecule has 0 amide bonds. The van der Waals surface area contributed by atoms with Gasteiger partial charge in [0.25, 0.3) is 6.43 Å². The van der Waals surface area contributed by atoms with E-state index in [4.69, 9.17) is 16.3 Å². The Labute approximate surface area is 119 Å². The lowest BCUT2D eigenvalue weighted by atomic mass is 10.3. The Hall–Kier alpha value is -1.69. The maximum atomic E-state index is 12.4. The lowest BCUT2D eigenvalue weighted by Gasteiger charge is -2.04. The van der Waals surface area contributed by atoms with Crippen molar-refractivity contribution in [3.05, 3.63) is 35.4 Å². The van der Waals surface area contributed by atoms with Gasteiger partial charge in [-0.25, -0.2) is 13.8 Å². The normalized spacial score (nSPS) is 14.8. The zero-order valence-corrected chi connectivity index (χ0v) is 11.2. The van der Waals surface area contributed by atoms with E-state index in [1.807, 2.05) is 0 Å². The van der Waals surface area contributed by atoms with E-state index in [1.54, 1.807) is 12.1 Å². The summed E-state index contributed by atoms with van der Waals surface area (Å²) in [5, 5.41) is 4.51. The summed E-state index contributed by atoms with van der Waals surface area (Å²) in [6.07, 6.45) is 2.62. The van der Waals surface area contributed by atoms with Crippen molar-refractivity contribution in [2.24, 2.45) is 0 Å². The van der Waals surface area contributed by atoms with Gasteiger partial charge < -0.3 is 4.74 Å². The van der Waals surface area contributed by atoms with Crippen LogP contribution in [0.1, 0.15) is 24.5 Å². The molecule has 0 spiro atoms. The number of alkyl halides is 2. The minimum absolute atomic E-state index is 0.307. The van der Waals surface area contributed by atoms with E-state index in [-0.39, 0.29) is 0 Å². The Morgan fingerprint density at radius 2 is 2.25 bits per heavy atom. The predicted molar refractivity (Wildman–Crippen MR) is 69.5 cm³/mol. The highest BCUT2D eigenvalue weighted by atomic mass is 35.5. The molecule has 1 fully saturated rings. The van der Waals surface area contributed by atoms with E-state index in [9.17, 15) is 8.78 Å². The van der Waals surface area contributed by atoms with Gasteiger partial charge in [-0.05, 0) is 18.9 Å². The lowest BCUT2D eigenvalue weighted by Crippen LogP contribution is -2.07. The number of pyridine rings is 1. The van der Waals surface area contributed by atoms with Gasteiger partial charge in [-0.3, -0.25) is 4.68 Å². The summed E-state index contributed by atoms with van der Waals surface area (Å²) in [7, 11) is 0. The summed E-state index contributed by atoms with van der Waals surface area (Å²) in [5.74, 6) is 1.33. The van der Waals surface area contributed by atoms with Gasteiger partial charge in [-0.1, -0.05) is 11.6 Å². The zero-order chi connectivity index (χ0) is 14.1. The van der Waals surface area contributed by atoms with Gasteiger partial charge in [0.15, 0.2) is 5.75 Å². The van der Waals surface area contributed by atoms with Crippen LogP contribution < -0.4 is 4.74 Å². The van der Waals surface area contributed by atoms with Crippen LogP contribution in [0.2, 0.25) is 5.15 Å². The molecule has 20 heavy (non-hydrogen) atoms. The van der Waals surface area contributed by atoms with Gasteiger partial charge in [0.1, 0.15) is 23.1 Å². The van der Waals surface area contributed by atoms with Crippen LogP contribution in [0.5, 0.6) is 11.5 Å². The second kappa shape index (κ2) is 5.36. The first-order valence-corrected chi connectivity index (χ1v) is 6.64. The van der Waals surface area contributed by atoms with E-state index in [1.165, 1.54) is 17.1 Å². The average Bonchev–Trinajstić information content (AvgIpc) is 3.13. The topological polar surface area (TPSA) is 39.9 Å².